The smallest absolute Gasteiger partial charge is 0.340 e. The number of aliphatic hydroxyl groups is 5. The van der Waals surface area contributed by atoms with E-state index < -0.39 is 66.3 Å². The van der Waals surface area contributed by atoms with Crippen molar-refractivity contribution in [2.45, 2.75) is 67.2 Å². The molecule has 10 atom stereocenters. The fraction of sp³-hybridized carbons (Fsp3) is 0.457. The minimum absolute atomic E-state index is 0.0418. The topological polar surface area (TPSA) is 250 Å². The van der Waals surface area contributed by atoms with E-state index in [1.165, 1.54) is 38.4 Å². The van der Waals surface area contributed by atoms with Crippen LogP contribution in [-0.4, -0.2) is 124 Å². The predicted molar refractivity (Wildman–Crippen MR) is 178 cm³/mol. The average Bonchev–Trinajstić information content (AvgIpc) is 3.50. The number of nitrogens with one attached hydrogen (secondary N) is 3. The Morgan fingerprint density at radius 3 is 2.62 bits per heavy atom. The van der Waals surface area contributed by atoms with Crippen LogP contribution < -0.4 is 39.6 Å². The van der Waals surface area contributed by atoms with Gasteiger partial charge < -0.3 is 69.5 Å². The molecule has 0 aromatic heterocycles. The van der Waals surface area contributed by atoms with Crippen molar-refractivity contribution in [1.82, 2.24) is 16.0 Å². The Labute approximate surface area is 297 Å². The number of methoxy groups -OCH3 is 1. The Morgan fingerprint density at radius 1 is 1.13 bits per heavy atom. The normalized spacial score (nSPS) is 32.0. The summed E-state index contributed by atoms with van der Waals surface area (Å²) in [5, 5.41) is 83.7. The molecule has 10 N–H and O–H groups in total. The van der Waals surface area contributed by atoms with E-state index >= 15 is 0 Å². The number of phenols is 1. The van der Waals surface area contributed by atoms with Gasteiger partial charge in [-0.1, -0.05) is 18.2 Å². The number of phenolic OH excluding ortho intramolecular Hbond substituents is 1. The van der Waals surface area contributed by atoms with E-state index in [9.17, 15) is 40.5 Å². The van der Waals surface area contributed by atoms with Crippen molar-refractivity contribution in [2.75, 3.05) is 34.0 Å². The first-order chi connectivity index (χ1) is 24.8. The number of likely N-dealkylation sites (N-methyl/N-ethyl adjacent to an activating group) is 1. The highest BCUT2D eigenvalue weighted by Gasteiger charge is 2.71. The molecular weight excluding hydrogens is 686 g/mol. The van der Waals surface area contributed by atoms with Crippen LogP contribution in [0, 0.1) is 0 Å². The maximum atomic E-state index is 12.7. The molecule has 0 aliphatic carbocycles. The Balaban J connectivity index is 1.28. The number of hydrogen-bond acceptors (Lipinski definition) is 16. The van der Waals surface area contributed by atoms with Crippen molar-refractivity contribution in [2.24, 2.45) is 0 Å². The summed E-state index contributed by atoms with van der Waals surface area (Å²) in [5.74, 6) is -1.42. The van der Waals surface area contributed by atoms with Crippen molar-refractivity contribution in [3.63, 3.8) is 0 Å². The molecule has 2 fully saturated rings. The van der Waals surface area contributed by atoms with E-state index in [1.807, 2.05) is 0 Å². The van der Waals surface area contributed by atoms with Gasteiger partial charge in [-0.25, -0.2) is 4.79 Å². The molecule has 2 saturated heterocycles. The number of fused-ring (bicyclic) bond motifs is 7. The van der Waals surface area contributed by atoms with E-state index in [-0.39, 0.29) is 36.3 Å². The fourth-order valence-electron chi connectivity index (χ4n) is 7.49. The van der Waals surface area contributed by atoms with Crippen LogP contribution in [0.3, 0.4) is 0 Å². The molecule has 0 spiro atoms. The molecule has 52 heavy (non-hydrogen) atoms. The second-order valence-corrected chi connectivity index (χ2v) is 13.2. The van der Waals surface area contributed by atoms with Gasteiger partial charge in [0.2, 0.25) is 23.9 Å². The highest BCUT2D eigenvalue weighted by atomic mass is 16.7. The van der Waals surface area contributed by atoms with Gasteiger partial charge in [-0.3, -0.25) is 10.6 Å². The molecular formula is C35H41N3O14. The highest BCUT2D eigenvalue weighted by Crippen LogP contribution is 2.59. The number of rotatable bonds is 11. The van der Waals surface area contributed by atoms with Crippen LogP contribution in [-0.2, 0) is 9.53 Å². The molecule has 10 unspecified atom stereocenters. The third-order valence-corrected chi connectivity index (χ3v) is 10.0. The van der Waals surface area contributed by atoms with Crippen molar-refractivity contribution in [1.29, 1.82) is 0 Å². The van der Waals surface area contributed by atoms with E-state index in [1.54, 1.807) is 31.2 Å². The van der Waals surface area contributed by atoms with Crippen molar-refractivity contribution in [3.05, 3.63) is 59.7 Å². The lowest BCUT2D eigenvalue weighted by molar-refractivity contribution is -0.362. The van der Waals surface area contributed by atoms with Gasteiger partial charge in [0, 0.05) is 30.3 Å². The molecule has 17 nitrogen and oxygen atoms in total. The number of ether oxygens (including phenoxy) is 6. The number of aliphatic carboxylic acids is 1. The van der Waals surface area contributed by atoms with E-state index in [2.05, 4.69) is 16.0 Å². The molecule has 2 bridgehead atoms. The molecule has 0 amide bonds. The van der Waals surface area contributed by atoms with Crippen LogP contribution in [0.4, 0.5) is 0 Å². The van der Waals surface area contributed by atoms with Crippen LogP contribution >= 0.6 is 0 Å². The van der Waals surface area contributed by atoms with Crippen LogP contribution in [0.1, 0.15) is 30.1 Å². The number of carboxylic acids is 1. The lowest BCUT2D eigenvalue weighted by Gasteiger charge is -2.58. The summed E-state index contributed by atoms with van der Waals surface area (Å²) >= 11 is 0. The molecule has 4 aliphatic heterocycles. The van der Waals surface area contributed by atoms with Crippen LogP contribution in [0.15, 0.2) is 48.5 Å². The van der Waals surface area contributed by atoms with Crippen molar-refractivity contribution in [3.8, 4) is 45.6 Å². The second-order valence-electron chi connectivity index (χ2n) is 13.2. The Kier molecular flexibility index (Phi) is 9.35. The quantitative estimate of drug-likeness (QED) is 0.0880. The van der Waals surface area contributed by atoms with Crippen LogP contribution in [0.25, 0.3) is 11.1 Å². The van der Waals surface area contributed by atoms with Gasteiger partial charge in [-0.05, 0) is 49.4 Å². The summed E-state index contributed by atoms with van der Waals surface area (Å²) < 4.78 is 36.1. The SMILES string of the molecule is CNC1CNC2(O)C(O)C(Oc3cc4c(c(-c5cccc(O)c5)c3)C3Oc5c(ccc(OCNCC(C)O)c5OC)C3C(O)O4)OC1(C(=O)O)C2O. The maximum absolute atomic E-state index is 12.7. The average molecular weight is 728 g/mol. The number of carboxylic acid groups (broad SMARTS) is 1. The molecule has 7 rings (SSSR count). The first-order valence-corrected chi connectivity index (χ1v) is 16.6. The van der Waals surface area contributed by atoms with Gasteiger partial charge >= 0.3 is 5.97 Å². The zero-order valence-electron chi connectivity index (χ0n) is 28.3. The largest absolute Gasteiger partial charge is 0.508 e. The van der Waals surface area contributed by atoms with E-state index in [0.29, 0.717) is 40.3 Å². The second kappa shape index (κ2) is 13.5. The van der Waals surface area contributed by atoms with Gasteiger partial charge in [0.15, 0.2) is 23.3 Å². The summed E-state index contributed by atoms with van der Waals surface area (Å²) in [7, 11) is 2.91. The Hall–Kier alpha value is -4.43. The molecule has 4 heterocycles. The molecule has 3 aromatic carbocycles. The molecule has 17 heteroatoms. The maximum Gasteiger partial charge on any atom is 0.340 e. The van der Waals surface area contributed by atoms with E-state index in [4.69, 9.17) is 28.4 Å². The minimum atomic E-state index is -2.53. The van der Waals surface area contributed by atoms with Gasteiger partial charge in [0.1, 0.15) is 36.2 Å². The Morgan fingerprint density at radius 2 is 1.92 bits per heavy atom. The monoisotopic (exact) mass is 727 g/mol. The minimum Gasteiger partial charge on any atom is -0.508 e. The van der Waals surface area contributed by atoms with Gasteiger partial charge in [0.05, 0.1) is 25.2 Å². The molecule has 3 aromatic rings. The lowest BCUT2D eigenvalue weighted by atomic mass is 9.74. The standard InChI is InChI=1S/C35H41N3O14/c1-15(39)12-37-14-48-21-8-7-19-25-28(51-26(19)27(21)47-3)24-20(16-5-4-6-17(40)9-16)10-18(11-22(24)50-30(25)42)49-31-29(41)35(46)32(43)34(52-31,33(44)45)23(36-2)13-38-35/h4-11,15,23,25,28-32,36-43,46H,12-14H2,1-3H3,(H,44,45). The molecule has 0 radical (unpaired) electrons. The third kappa shape index (κ3) is 5.65. The van der Waals surface area contributed by atoms with Crippen LogP contribution in [0.2, 0.25) is 0 Å². The molecule has 4 aliphatic rings. The zero-order valence-corrected chi connectivity index (χ0v) is 28.3. The Bertz CT molecular complexity index is 1840. The van der Waals surface area contributed by atoms with Crippen molar-refractivity contribution >= 4 is 5.97 Å². The summed E-state index contributed by atoms with van der Waals surface area (Å²) in [6.45, 7) is 1.85. The fourth-order valence-corrected chi connectivity index (χ4v) is 7.49. The first-order valence-electron chi connectivity index (χ1n) is 16.6. The number of piperidine rings is 1. The number of aromatic hydroxyl groups is 1. The number of aliphatic hydroxyl groups excluding tert-OH is 4. The number of hydrogen-bond donors (Lipinski definition) is 10. The zero-order chi connectivity index (χ0) is 37.1. The van der Waals surface area contributed by atoms with Crippen LogP contribution in [0.5, 0.6) is 34.5 Å². The van der Waals surface area contributed by atoms with Crippen molar-refractivity contribution < 1.29 is 69.0 Å². The number of benzene rings is 3. The third-order valence-electron chi connectivity index (χ3n) is 10.0. The van der Waals surface area contributed by atoms with E-state index in [0.717, 1.165) is 0 Å². The molecule has 0 saturated carbocycles. The predicted octanol–water partition coefficient (Wildman–Crippen LogP) is -0.537. The van der Waals surface area contributed by atoms with Gasteiger partial charge in [-0.15, -0.1) is 0 Å². The number of carbonyl (C=O) groups is 1. The summed E-state index contributed by atoms with van der Waals surface area (Å²) in [5.41, 5.74) is -3.03. The van der Waals surface area contributed by atoms with Gasteiger partial charge in [-0.2, -0.15) is 0 Å². The lowest BCUT2D eigenvalue weighted by Crippen LogP contribution is -2.87. The van der Waals surface area contributed by atoms with Gasteiger partial charge in [0.25, 0.3) is 0 Å². The first kappa shape index (κ1) is 36.0. The molecule has 280 valence electrons. The highest BCUT2D eigenvalue weighted by molar-refractivity contribution is 5.81. The summed E-state index contributed by atoms with van der Waals surface area (Å²) in [6.07, 6.45) is -8.81. The summed E-state index contributed by atoms with van der Waals surface area (Å²) in [4.78, 5) is 12.7. The summed E-state index contributed by atoms with van der Waals surface area (Å²) in [6, 6.07) is 11.6.